The van der Waals surface area contributed by atoms with Crippen LogP contribution in [0.4, 0.5) is 0 Å². The lowest BCUT2D eigenvalue weighted by atomic mass is 10.0. The van der Waals surface area contributed by atoms with Gasteiger partial charge in [-0.3, -0.25) is 4.79 Å². The summed E-state index contributed by atoms with van der Waals surface area (Å²) in [6, 6.07) is 27.4. The largest absolute Gasteiger partial charge is 0.337 e. The van der Waals surface area contributed by atoms with Crippen molar-refractivity contribution in [3.8, 4) is 22.5 Å². The van der Waals surface area contributed by atoms with E-state index in [-0.39, 0.29) is 18.5 Å². The van der Waals surface area contributed by atoms with E-state index in [0.717, 1.165) is 16.7 Å². The van der Waals surface area contributed by atoms with Gasteiger partial charge in [0.25, 0.3) is 5.91 Å². The van der Waals surface area contributed by atoms with Gasteiger partial charge < -0.3 is 9.42 Å². The van der Waals surface area contributed by atoms with Gasteiger partial charge >= 0.3 is 0 Å². The van der Waals surface area contributed by atoms with Gasteiger partial charge in [0, 0.05) is 17.2 Å². The van der Waals surface area contributed by atoms with E-state index < -0.39 is 0 Å². The Morgan fingerprint density at radius 1 is 0.833 bits per heavy atom. The highest BCUT2D eigenvalue weighted by Crippen LogP contribution is 2.21. The highest BCUT2D eigenvalue weighted by molar-refractivity contribution is 5.94. The van der Waals surface area contributed by atoms with Crippen LogP contribution in [0, 0.1) is 0 Å². The quantitative estimate of drug-likeness (QED) is 0.434. The molecule has 0 fully saturated rings. The van der Waals surface area contributed by atoms with Gasteiger partial charge in [-0.15, -0.1) is 0 Å². The topological polar surface area (TPSA) is 59.2 Å². The zero-order chi connectivity index (χ0) is 20.9. The minimum Gasteiger partial charge on any atom is -0.337 e. The maximum Gasteiger partial charge on any atom is 0.254 e. The van der Waals surface area contributed by atoms with Crippen molar-refractivity contribution in [1.82, 2.24) is 15.0 Å². The summed E-state index contributed by atoms with van der Waals surface area (Å²) in [5, 5.41) is 4.05. The average molecular weight is 397 g/mol. The Morgan fingerprint density at radius 3 is 2.00 bits per heavy atom. The minimum absolute atomic E-state index is 0.0154. The molecule has 150 valence electrons. The Labute approximate surface area is 176 Å². The van der Waals surface area contributed by atoms with E-state index >= 15 is 0 Å². The van der Waals surface area contributed by atoms with Crippen LogP contribution < -0.4 is 0 Å². The van der Waals surface area contributed by atoms with E-state index in [9.17, 15) is 4.79 Å². The third-order valence-electron chi connectivity index (χ3n) is 4.93. The number of aromatic nitrogens is 2. The molecule has 4 rings (SSSR count). The first kappa shape index (κ1) is 19.6. The monoisotopic (exact) mass is 397 g/mol. The van der Waals surface area contributed by atoms with Crippen molar-refractivity contribution in [3.63, 3.8) is 0 Å². The number of hydrogen-bond acceptors (Lipinski definition) is 4. The lowest BCUT2D eigenvalue weighted by molar-refractivity contribution is 0.0667. The van der Waals surface area contributed by atoms with Crippen LogP contribution in [0.25, 0.3) is 22.5 Å². The van der Waals surface area contributed by atoms with Crippen LogP contribution in [-0.2, 0) is 6.54 Å². The van der Waals surface area contributed by atoms with E-state index in [1.165, 1.54) is 0 Å². The first-order chi connectivity index (χ1) is 14.6. The molecule has 0 aliphatic heterocycles. The Kier molecular flexibility index (Phi) is 5.70. The van der Waals surface area contributed by atoms with Crippen LogP contribution in [0.15, 0.2) is 89.5 Å². The Bertz CT molecular complexity index is 1100. The first-order valence-corrected chi connectivity index (χ1v) is 9.96. The van der Waals surface area contributed by atoms with Crippen LogP contribution in [0.3, 0.4) is 0 Å². The Hall–Kier alpha value is -3.73. The van der Waals surface area contributed by atoms with Crippen molar-refractivity contribution < 1.29 is 9.32 Å². The molecular weight excluding hydrogens is 374 g/mol. The lowest BCUT2D eigenvalue weighted by Crippen LogP contribution is -2.36. The third kappa shape index (κ3) is 4.30. The second-order valence-electron chi connectivity index (χ2n) is 7.35. The molecule has 0 saturated heterocycles. The highest BCUT2D eigenvalue weighted by Gasteiger charge is 2.22. The van der Waals surface area contributed by atoms with Crippen molar-refractivity contribution in [3.05, 3.63) is 96.4 Å². The molecule has 30 heavy (non-hydrogen) atoms. The number of carbonyl (C=O) groups excluding carboxylic acids is 1. The Balaban J connectivity index is 1.52. The standard InChI is InChI=1S/C25H23N3O2/c1-18(2)28(17-23-26-24(27-30-23)21-11-7-4-8-12-21)25(29)22-15-13-20(14-16-22)19-9-5-3-6-10-19/h3-16,18H,17H2,1-2H3. The van der Waals surface area contributed by atoms with Crippen LogP contribution in [0.5, 0.6) is 0 Å². The molecule has 1 aromatic heterocycles. The zero-order valence-corrected chi connectivity index (χ0v) is 17.0. The predicted octanol–water partition coefficient (Wildman–Crippen LogP) is 5.45. The summed E-state index contributed by atoms with van der Waals surface area (Å²) in [6.45, 7) is 4.21. The van der Waals surface area contributed by atoms with Crippen LogP contribution in [0.2, 0.25) is 0 Å². The van der Waals surface area contributed by atoms with E-state index in [1.54, 1.807) is 4.90 Å². The smallest absolute Gasteiger partial charge is 0.254 e. The molecule has 0 atom stereocenters. The molecule has 5 heteroatoms. The van der Waals surface area contributed by atoms with Gasteiger partial charge in [0.1, 0.15) is 6.54 Å². The molecule has 0 unspecified atom stereocenters. The predicted molar refractivity (Wildman–Crippen MR) is 117 cm³/mol. The molecule has 0 aliphatic rings. The normalized spacial score (nSPS) is 10.9. The second kappa shape index (κ2) is 8.74. The van der Waals surface area contributed by atoms with Crippen molar-refractivity contribution in [2.24, 2.45) is 0 Å². The van der Waals surface area contributed by atoms with Gasteiger partial charge in [0.2, 0.25) is 11.7 Å². The summed E-state index contributed by atoms with van der Waals surface area (Å²) in [5.74, 6) is 0.870. The van der Waals surface area contributed by atoms with Gasteiger partial charge in [0.05, 0.1) is 0 Å². The number of rotatable bonds is 6. The molecule has 4 aromatic rings. The summed E-state index contributed by atoms with van der Waals surface area (Å²) in [5.41, 5.74) is 3.71. The summed E-state index contributed by atoms with van der Waals surface area (Å²) >= 11 is 0. The molecule has 0 N–H and O–H groups in total. The molecule has 0 aliphatic carbocycles. The summed E-state index contributed by atoms with van der Waals surface area (Å²) in [7, 11) is 0. The lowest BCUT2D eigenvalue weighted by Gasteiger charge is -2.25. The first-order valence-electron chi connectivity index (χ1n) is 9.96. The summed E-state index contributed by atoms with van der Waals surface area (Å²) in [4.78, 5) is 19.3. The van der Waals surface area contributed by atoms with Gasteiger partial charge in [-0.05, 0) is 37.1 Å². The molecule has 3 aromatic carbocycles. The number of hydrogen-bond donors (Lipinski definition) is 0. The number of carbonyl (C=O) groups is 1. The van der Waals surface area contributed by atoms with Crippen LogP contribution in [0.1, 0.15) is 30.1 Å². The van der Waals surface area contributed by atoms with Gasteiger partial charge in [-0.25, -0.2) is 0 Å². The van der Waals surface area contributed by atoms with Gasteiger partial charge in [0.15, 0.2) is 0 Å². The van der Waals surface area contributed by atoms with Crippen molar-refractivity contribution in [2.75, 3.05) is 0 Å². The van der Waals surface area contributed by atoms with Crippen molar-refractivity contribution >= 4 is 5.91 Å². The van der Waals surface area contributed by atoms with Crippen LogP contribution >= 0.6 is 0 Å². The fourth-order valence-electron chi connectivity index (χ4n) is 3.26. The van der Waals surface area contributed by atoms with E-state index in [1.807, 2.05) is 86.6 Å². The molecule has 0 spiro atoms. The van der Waals surface area contributed by atoms with E-state index in [2.05, 4.69) is 22.3 Å². The molecule has 0 radical (unpaired) electrons. The SMILES string of the molecule is CC(C)N(Cc1nc(-c2ccccc2)no1)C(=O)c1ccc(-c2ccccc2)cc1. The second-order valence-corrected chi connectivity index (χ2v) is 7.35. The van der Waals surface area contributed by atoms with Gasteiger partial charge in [-0.2, -0.15) is 4.98 Å². The number of nitrogens with zero attached hydrogens (tertiary/aromatic N) is 3. The highest BCUT2D eigenvalue weighted by atomic mass is 16.5. The van der Waals surface area contributed by atoms with E-state index in [0.29, 0.717) is 17.3 Å². The zero-order valence-electron chi connectivity index (χ0n) is 17.0. The van der Waals surface area contributed by atoms with Crippen molar-refractivity contribution in [1.29, 1.82) is 0 Å². The average Bonchev–Trinajstić information content (AvgIpc) is 3.27. The molecule has 5 nitrogen and oxygen atoms in total. The van der Waals surface area contributed by atoms with E-state index in [4.69, 9.17) is 4.52 Å². The number of amides is 1. The molecular formula is C25H23N3O2. The van der Waals surface area contributed by atoms with Crippen molar-refractivity contribution in [2.45, 2.75) is 26.4 Å². The third-order valence-corrected chi connectivity index (χ3v) is 4.93. The maximum atomic E-state index is 13.2. The molecule has 0 saturated carbocycles. The fraction of sp³-hybridized carbons (Fsp3) is 0.160. The molecule has 1 amide bonds. The molecule has 0 bridgehead atoms. The Morgan fingerprint density at radius 2 is 1.40 bits per heavy atom. The summed E-state index contributed by atoms with van der Waals surface area (Å²) < 4.78 is 5.41. The number of benzene rings is 3. The van der Waals surface area contributed by atoms with Crippen LogP contribution in [-0.4, -0.2) is 27.0 Å². The van der Waals surface area contributed by atoms with Gasteiger partial charge in [-0.1, -0.05) is 78.0 Å². The maximum absolute atomic E-state index is 13.2. The minimum atomic E-state index is -0.0657. The summed E-state index contributed by atoms with van der Waals surface area (Å²) in [6.07, 6.45) is 0. The molecule has 1 heterocycles. The fourth-order valence-corrected chi connectivity index (χ4v) is 3.26.